The predicted octanol–water partition coefficient (Wildman–Crippen LogP) is 0.101. The quantitative estimate of drug-likeness (QED) is 0.446. The van der Waals surface area contributed by atoms with E-state index in [1.54, 1.807) is 6.19 Å². The van der Waals surface area contributed by atoms with E-state index >= 15 is 0 Å². The molecular weight excluding hydrogens is 142 g/mol. The lowest BCUT2D eigenvalue weighted by molar-refractivity contribution is -0.120. The highest BCUT2D eigenvalue weighted by Gasteiger charge is 2.06. The molecule has 4 nitrogen and oxygen atoms in total. The van der Waals surface area contributed by atoms with Crippen molar-refractivity contribution in [3.63, 3.8) is 0 Å². The number of amides is 1. The van der Waals surface area contributed by atoms with Crippen LogP contribution in [0.4, 0.5) is 0 Å². The van der Waals surface area contributed by atoms with E-state index < -0.39 is 0 Å². The zero-order chi connectivity index (χ0) is 8.69. The van der Waals surface area contributed by atoms with E-state index in [4.69, 9.17) is 11.0 Å². The maximum absolute atomic E-state index is 10.7. The van der Waals surface area contributed by atoms with Crippen LogP contribution < -0.4 is 11.1 Å². The van der Waals surface area contributed by atoms with E-state index in [2.05, 4.69) is 0 Å². The van der Waals surface area contributed by atoms with Crippen molar-refractivity contribution in [2.45, 2.75) is 32.2 Å². The number of nitrogens with two attached hydrogens (primary N) is 1. The molecule has 4 heteroatoms. The lowest BCUT2D eigenvalue weighted by Crippen LogP contribution is -2.29. The van der Waals surface area contributed by atoms with Crippen molar-refractivity contribution in [2.24, 2.45) is 5.73 Å². The summed E-state index contributed by atoms with van der Waals surface area (Å²) < 4.78 is 0. The molecule has 0 aliphatic heterocycles. The Morgan fingerprint density at radius 3 is 2.91 bits per heavy atom. The molecule has 3 N–H and O–H groups in total. The fraction of sp³-hybridized carbons (Fsp3) is 0.714. The van der Waals surface area contributed by atoms with Gasteiger partial charge < -0.3 is 5.73 Å². The number of nitrogens with zero attached hydrogens (tertiary/aromatic N) is 1. The largest absolute Gasteiger partial charge is 0.327 e. The van der Waals surface area contributed by atoms with E-state index in [1.807, 2.05) is 12.2 Å². The van der Waals surface area contributed by atoms with Crippen molar-refractivity contribution >= 4 is 5.91 Å². The molecular formula is C7H13N3O. The van der Waals surface area contributed by atoms with Gasteiger partial charge in [-0.3, -0.25) is 10.1 Å². The van der Waals surface area contributed by atoms with Gasteiger partial charge in [-0.05, 0) is 6.42 Å². The molecule has 0 aliphatic rings. The van der Waals surface area contributed by atoms with Crippen LogP contribution in [0.2, 0.25) is 0 Å². The molecule has 0 saturated heterocycles. The molecule has 0 fully saturated rings. The van der Waals surface area contributed by atoms with E-state index in [9.17, 15) is 4.79 Å². The zero-order valence-corrected chi connectivity index (χ0v) is 6.63. The second-order valence-electron chi connectivity index (χ2n) is 2.41. The fourth-order valence-corrected chi connectivity index (χ4v) is 0.824. The minimum Gasteiger partial charge on any atom is -0.327 e. The van der Waals surface area contributed by atoms with Crippen LogP contribution in [0.25, 0.3) is 0 Å². The number of nitrogens with one attached hydrogen (secondary N) is 1. The van der Waals surface area contributed by atoms with Crippen molar-refractivity contribution in [2.75, 3.05) is 0 Å². The molecule has 1 atom stereocenters. The molecule has 62 valence electrons. The Morgan fingerprint density at radius 2 is 2.45 bits per heavy atom. The average molecular weight is 155 g/mol. The third-order valence-electron chi connectivity index (χ3n) is 1.30. The van der Waals surface area contributed by atoms with Gasteiger partial charge in [0.25, 0.3) is 0 Å². The molecule has 0 aromatic carbocycles. The Bertz CT molecular complexity index is 162. The number of rotatable bonds is 4. The molecule has 0 aliphatic carbocycles. The van der Waals surface area contributed by atoms with Gasteiger partial charge >= 0.3 is 0 Å². The van der Waals surface area contributed by atoms with Gasteiger partial charge in [0.05, 0.1) is 0 Å². The summed E-state index contributed by atoms with van der Waals surface area (Å²) >= 11 is 0. The van der Waals surface area contributed by atoms with Crippen LogP contribution in [0.3, 0.4) is 0 Å². The second kappa shape index (κ2) is 5.69. The summed E-state index contributed by atoms with van der Waals surface area (Å²) in [5, 5.41) is 10.1. The van der Waals surface area contributed by atoms with Crippen LogP contribution in [0.5, 0.6) is 0 Å². The van der Waals surface area contributed by atoms with E-state index in [0.29, 0.717) is 0 Å². The average Bonchev–Trinajstić information content (AvgIpc) is 1.87. The lowest BCUT2D eigenvalue weighted by Gasteiger charge is -2.06. The number of hydrogen-bond donors (Lipinski definition) is 2. The molecule has 0 bridgehead atoms. The zero-order valence-electron chi connectivity index (χ0n) is 6.63. The molecule has 0 aromatic rings. The highest BCUT2D eigenvalue weighted by atomic mass is 16.1. The first kappa shape index (κ1) is 9.92. The van der Waals surface area contributed by atoms with E-state index in [1.165, 1.54) is 0 Å². The van der Waals surface area contributed by atoms with Gasteiger partial charge in [0.1, 0.15) is 0 Å². The van der Waals surface area contributed by atoms with Crippen LogP contribution in [-0.2, 0) is 4.79 Å². The van der Waals surface area contributed by atoms with Crippen LogP contribution in [0.1, 0.15) is 26.2 Å². The maximum Gasteiger partial charge on any atom is 0.234 e. The van der Waals surface area contributed by atoms with Crippen LogP contribution in [0.15, 0.2) is 0 Å². The van der Waals surface area contributed by atoms with Gasteiger partial charge in [-0.25, -0.2) is 0 Å². The SMILES string of the molecule is CCCC(N)CC(=O)NC#N. The highest BCUT2D eigenvalue weighted by Crippen LogP contribution is 1.97. The second-order valence-corrected chi connectivity index (χ2v) is 2.41. The van der Waals surface area contributed by atoms with E-state index in [0.717, 1.165) is 12.8 Å². The fourth-order valence-electron chi connectivity index (χ4n) is 0.824. The smallest absolute Gasteiger partial charge is 0.234 e. The summed E-state index contributed by atoms with van der Waals surface area (Å²) in [5.74, 6) is -0.298. The Labute approximate surface area is 66.4 Å². The standard InChI is InChI=1S/C7H13N3O/c1-2-3-6(9)4-7(11)10-5-8/h6H,2-4,9H2,1H3,(H,10,11). The Balaban J connectivity index is 3.50. The summed E-state index contributed by atoms with van der Waals surface area (Å²) in [4.78, 5) is 10.7. The monoisotopic (exact) mass is 155 g/mol. The first-order chi connectivity index (χ1) is 5.20. The number of carbonyl (C=O) groups excluding carboxylic acids is 1. The molecule has 11 heavy (non-hydrogen) atoms. The summed E-state index contributed by atoms with van der Waals surface area (Å²) in [7, 11) is 0. The summed E-state index contributed by atoms with van der Waals surface area (Å²) in [6.07, 6.45) is 3.57. The van der Waals surface area contributed by atoms with E-state index in [-0.39, 0.29) is 18.4 Å². The number of hydrogen-bond acceptors (Lipinski definition) is 3. The predicted molar refractivity (Wildman–Crippen MR) is 41.3 cm³/mol. The van der Waals surface area contributed by atoms with Gasteiger partial charge in [0.15, 0.2) is 6.19 Å². The minimum absolute atomic E-state index is 0.117. The number of nitriles is 1. The number of carbonyl (C=O) groups is 1. The van der Waals surface area contributed by atoms with Crippen molar-refractivity contribution < 1.29 is 4.79 Å². The summed E-state index contributed by atoms with van der Waals surface area (Å²) in [5.41, 5.74) is 5.55. The molecule has 1 amide bonds. The molecule has 0 aromatic heterocycles. The van der Waals surface area contributed by atoms with Crippen molar-refractivity contribution in [1.82, 2.24) is 5.32 Å². The Kier molecular flexibility index (Phi) is 5.13. The summed E-state index contributed by atoms with van der Waals surface area (Å²) in [6.45, 7) is 2.00. The lowest BCUT2D eigenvalue weighted by atomic mass is 10.1. The Morgan fingerprint density at radius 1 is 1.82 bits per heavy atom. The van der Waals surface area contributed by atoms with Crippen molar-refractivity contribution in [1.29, 1.82) is 5.26 Å². The highest BCUT2D eigenvalue weighted by molar-refractivity contribution is 5.77. The molecule has 0 rings (SSSR count). The van der Waals surface area contributed by atoms with Crippen LogP contribution in [0, 0.1) is 11.5 Å². The topological polar surface area (TPSA) is 78.9 Å². The Hall–Kier alpha value is -1.08. The normalized spacial score (nSPS) is 11.7. The first-order valence-electron chi connectivity index (χ1n) is 3.64. The molecule has 1 unspecified atom stereocenters. The van der Waals surface area contributed by atoms with Gasteiger partial charge in [0, 0.05) is 12.5 Å². The molecule has 0 saturated carbocycles. The van der Waals surface area contributed by atoms with Gasteiger partial charge in [-0.1, -0.05) is 13.3 Å². The molecule has 0 radical (unpaired) electrons. The first-order valence-corrected chi connectivity index (χ1v) is 3.64. The van der Waals surface area contributed by atoms with Crippen LogP contribution >= 0.6 is 0 Å². The molecule has 0 spiro atoms. The van der Waals surface area contributed by atoms with Gasteiger partial charge in [-0.15, -0.1) is 0 Å². The van der Waals surface area contributed by atoms with Crippen LogP contribution in [-0.4, -0.2) is 11.9 Å². The summed E-state index contributed by atoms with van der Waals surface area (Å²) in [6, 6.07) is -0.117. The minimum atomic E-state index is -0.298. The third-order valence-corrected chi connectivity index (χ3v) is 1.30. The third kappa shape index (κ3) is 5.37. The van der Waals surface area contributed by atoms with Gasteiger partial charge in [-0.2, -0.15) is 5.26 Å². The molecule has 0 heterocycles. The van der Waals surface area contributed by atoms with Gasteiger partial charge in [0.2, 0.25) is 5.91 Å². The van der Waals surface area contributed by atoms with Crippen molar-refractivity contribution in [3.8, 4) is 6.19 Å². The maximum atomic E-state index is 10.7. The van der Waals surface area contributed by atoms with Crippen molar-refractivity contribution in [3.05, 3.63) is 0 Å².